The Morgan fingerprint density at radius 2 is 1.88 bits per heavy atom. The van der Waals surface area contributed by atoms with E-state index in [1.54, 1.807) is 24.1 Å². The highest BCUT2D eigenvalue weighted by atomic mass is 35.5. The van der Waals surface area contributed by atoms with Gasteiger partial charge < -0.3 is 0 Å². The molecule has 0 bridgehead atoms. The van der Waals surface area contributed by atoms with E-state index in [0.717, 1.165) is 21.1 Å². The van der Waals surface area contributed by atoms with Crippen molar-refractivity contribution in [1.29, 1.82) is 0 Å². The highest BCUT2D eigenvalue weighted by molar-refractivity contribution is 7.87. The van der Waals surface area contributed by atoms with Crippen molar-refractivity contribution in [2.24, 2.45) is 9.50 Å². The Morgan fingerprint density at radius 1 is 1.18 bits per heavy atom. The summed E-state index contributed by atoms with van der Waals surface area (Å²) in [4.78, 5) is 0. The molecule has 0 N–H and O–H groups in total. The third-order valence-electron chi connectivity index (χ3n) is 5.77. The summed E-state index contributed by atoms with van der Waals surface area (Å²) in [5.74, 6) is -2.95. The van der Waals surface area contributed by atoms with Crippen LogP contribution in [-0.4, -0.2) is 54.8 Å². The second kappa shape index (κ2) is 9.48. The Bertz CT molecular complexity index is 1150. The molecule has 33 heavy (non-hydrogen) atoms. The van der Waals surface area contributed by atoms with Crippen molar-refractivity contribution in [3.63, 3.8) is 0 Å². The first-order valence-corrected chi connectivity index (χ1v) is 12.6. The molecule has 0 saturated carbocycles. The first-order chi connectivity index (χ1) is 15.7. The number of rotatable bonds is 5. The van der Waals surface area contributed by atoms with Crippen LogP contribution in [0.5, 0.6) is 0 Å². The Hall–Kier alpha value is -2.36. The van der Waals surface area contributed by atoms with Gasteiger partial charge in [0.1, 0.15) is 5.84 Å². The van der Waals surface area contributed by atoms with E-state index >= 15 is 0 Å². The number of benzene rings is 2. The van der Waals surface area contributed by atoms with Crippen LogP contribution in [-0.2, 0) is 10.2 Å². The molecule has 2 heterocycles. The van der Waals surface area contributed by atoms with Crippen molar-refractivity contribution in [2.45, 2.75) is 38.0 Å². The minimum absolute atomic E-state index is 0.0321. The molecule has 1 saturated heterocycles. The van der Waals surface area contributed by atoms with Crippen molar-refractivity contribution >= 4 is 33.4 Å². The maximum absolute atomic E-state index is 13.8. The van der Waals surface area contributed by atoms with Crippen LogP contribution in [0, 0.1) is 0 Å². The van der Waals surface area contributed by atoms with Crippen LogP contribution in [0.2, 0.25) is 5.02 Å². The highest BCUT2D eigenvalue weighted by Gasteiger charge is 2.40. The van der Waals surface area contributed by atoms with Gasteiger partial charge in [-0.3, -0.25) is 0 Å². The molecular weight excluding hydrogens is 470 g/mol. The topological polar surface area (TPSA) is 65.3 Å². The lowest BCUT2D eigenvalue weighted by Crippen LogP contribution is -2.45. The van der Waals surface area contributed by atoms with Gasteiger partial charge >= 0.3 is 10.2 Å². The van der Waals surface area contributed by atoms with Crippen molar-refractivity contribution < 1.29 is 17.2 Å². The van der Waals surface area contributed by atoms with Gasteiger partial charge in [0.15, 0.2) is 0 Å². The van der Waals surface area contributed by atoms with Crippen molar-refractivity contribution in [2.75, 3.05) is 19.6 Å². The Labute approximate surface area is 197 Å². The minimum Gasteiger partial charge on any atom is -0.249 e. The summed E-state index contributed by atoms with van der Waals surface area (Å²) in [5, 5.41) is 6.89. The molecular formula is C23H25ClF2N4O2S. The normalized spacial score (nSPS) is 21.8. The molecule has 2 aliphatic heterocycles. The van der Waals surface area contributed by atoms with Gasteiger partial charge in [-0.15, -0.1) is 4.40 Å². The van der Waals surface area contributed by atoms with Gasteiger partial charge in [-0.25, -0.2) is 13.8 Å². The predicted molar refractivity (Wildman–Crippen MR) is 126 cm³/mol. The lowest BCUT2D eigenvalue weighted by Gasteiger charge is -2.30. The second-order valence-electron chi connectivity index (χ2n) is 8.17. The van der Waals surface area contributed by atoms with Crippen LogP contribution in [0.1, 0.15) is 43.2 Å². The standard InChI is InChI=1S/C23H25ClF2N4O2S/c1-2-21(28-33(31,32)29-14-6-13-23(25,26)16-29)30-15-20(17-7-4-3-5-8-17)22(27-30)18-9-11-19(24)12-10-18/h3-5,7-12,20H,2,6,13-16H2,1H3. The molecule has 2 aromatic rings. The molecule has 0 aliphatic carbocycles. The monoisotopic (exact) mass is 494 g/mol. The fourth-order valence-electron chi connectivity index (χ4n) is 4.10. The number of alkyl halides is 2. The quantitative estimate of drug-likeness (QED) is 0.437. The molecule has 6 nitrogen and oxygen atoms in total. The molecule has 10 heteroatoms. The fraction of sp³-hybridized carbons (Fsp3) is 0.391. The number of hydrazone groups is 1. The highest BCUT2D eigenvalue weighted by Crippen LogP contribution is 2.31. The zero-order chi connectivity index (χ0) is 23.6. The van der Waals surface area contributed by atoms with Gasteiger partial charge in [0.25, 0.3) is 5.92 Å². The molecule has 4 rings (SSSR count). The molecule has 0 spiro atoms. The Balaban J connectivity index is 1.68. The molecule has 1 atom stereocenters. The van der Waals surface area contributed by atoms with Crippen molar-refractivity contribution in [1.82, 2.24) is 9.31 Å². The van der Waals surface area contributed by atoms with E-state index in [9.17, 15) is 17.2 Å². The van der Waals surface area contributed by atoms with Crippen molar-refractivity contribution in [3.8, 4) is 0 Å². The SMILES string of the molecule is CCC(=NS(=O)(=O)N1CCCC(F)(F)C1)N1CC(c2ccccc2)C(c2ccc(Cl)cc2)=N1. The first-order valence-electron chi connectivity index (χ1n) is 10.8. The number of halogens is 3. The summed E-state index contributed by atoms with van der Waals surface area (Å²) in [6, 6.07) is 17.1. The molecule has 0 aromatic heterocycles. The minimum atomic E-state index is -4.26. The first kappa shape index (κ1) is 23.8. The third kappa shape index (κ3) is 5.42. The molecule has 1 unspecified atom stereocenters. The number of nitrogens with zero attached hydrogens (tertiary/aromatic N) is 4. The largest absolute Gasteiger partial charge is 0.324 e. The maximum Gasteiger partial charge on any atom is 0.324 e. The van der Waals surface area contributed by atoms with Gasteiger partial charge in [-0.1, -0.05) is 61.0 Å². The summed E-state index contributed by atoms with van der Waals surface area (Å²) in [6.07, 6.45) is 0.0627. The van der Waals surface area contributed by atoms with E-state index < -0.39 is 22.7 Å². The number of hydrogen-bond acceptors (Lipinski definition) is 3. The fourth-order valence-corrected chi connectivity index (χ4v) is 5.55. The van der Waals surface area contributed by atoms with E-state index in [1.807, 2.05) is 42.5 Å². The van der Waals surface area contributed by atoms with Gasteiger partial charge in [-0.05, 0) is 29.7 Å². The number of amidine groups is 1. The smallest absolute Gasteiger partial charge is 0.249 e. The summed E-state index contributed by atoms with van der Waals surface area (Å²) < 4.78 is 58.1. The summed E-state index contributed by atoms with van der Waals surface area (Å²) in [5.41, 5.74) is 2.66. The van der Waals surface area contributed by atoms with Crippen LogP contribution in [0.15, 0.2) is 64.1 Å². The molecule has 0 radical (unpaired) electrons. The Kier molecular flexibility index (Phi) is 6.83. The molecule has 1 fully saturated rings. The van der Waals surface area contributed by atoms with Gasteiger partial charge in [0.05, 0.1) is 18.8 Å². The van der Waals surface area contributed by atoms with Crippen LogP contribution < -0.4 is 0 Å². The molecule has 2 aromatic carbocycles. The Morgan fingerprint density at radius 3 is 2.52 bits per heavy atom. The van der Waals surface area contributed by atoms with E-state index in [4.69, 9.17) is 16.7 Å². The number of hydrogen-bond donors (Lipinski definition) is 0. The van der Waals surface area contributed by atoms with E-state index in [-0.39, 0.29) is 37.6 Å². The average Bonchev–Trinajstić information content (AvgIpc) is 3.23. The van der Waals surface area contributed by atoms with E-state index in [1.165, 1.54) is 0 Å². The van der Waals surface area contributed by atoms with Gasteiger partial charge in [-0.2, -0.15) is 17.8 Å². The zero-order valence-corrected chi connectivity index (χ0v) is 19.7. The van der Waals surface area contributed by atoms with Crippen LogP contribution >= 0.6 is 11.6 Å². The average molecular weight is 495 g/mol. The van der Waals surface area contributed by atoms with Crippen molar-refractivity contribution in [3.05, 3.63) is 70.7 Å². The summed E-state index contributed by atoms with van der Waals surface area (Å²) >= 11 is 6.05. The summed E-state index contributed by atoms with van der Waals surface area (Å²) in [7, 11) is -4.26. The van der Waals surface area contributed by atoms with Crippen LogP contribution in [0.25, 0.3) is 0 Å². The molecule has 176 valence electrons. The van der Waals surface area contributed by atoms with E-state index in [2.05, 4.69) is 4.40 Å². The van der Waals surface area contributed by atoms with Crippen LogP contribution in [0.3, 0.4) is 0 Å². The second-order valence-corrected chi connectivity index (χ2v) is 10.2. The van der Waals surface area contributed by atoms with Gasteiger partial charge in [0.2, 0.25) is 0 Å². The lowest BCUT2D eigenvalue weighted by molar-refractivity contribution is -0.0434. The zero-order valence-electron chi connectivity index (χ0n) is 18.2. The number of piperidine rings is 1. The third-order valence-corrected chi connectivity index (χ3v) is 7.43. The lowest BCUT2D eigenvalue weighted by atomic mass is 9.91. The predicted octanol–water partition coefficient (Wildman–Crippen LogP) is 4.93. The van der Waals surface area contributed by atoms with E-state index in [0.29, 0.717) is 11.6 Å². The molecule has 0 amide bonds. The maximum atomic E-state index is 13.8. The van der Waals surface area contributed by atoms with Gasteiger partial charge in [0, 0.05) is 30.3 Å². The van der Waals surface area contributed by atoms with Crippen LogP contribution in [0.4, 0.5) is 8.78 Å². The summed E-state index contributed by atoms with van der Waals surface area (Å²) in [6.45, 7) is 1.35. The molecule has 2 aliphatic rings.